The van der Waals surface area contributed by atoms with Crippen LogP contribution in [0.25, 0.3) is 5.69 Å². The second-order valence-corrected chi connectivity index (χ2v) is 7.42. The Morgan fingerprint density at radius 1 is 1.20 bits per heavy atom. The van der Waals surface area contributed by atoms with Crippen LogP contribution in [0.5, 0.6) is 0 Å². The number of nitrogens with one attached hydrogen (secondary N) is 1. The molecule has 2 aromatic carbocycles. The van der Waals surface area contributed by atoms with Crippen molar-refractivity contribution in [3.8, 4) is 5.69 Å². The Labute approximate surface area is 179 Å². The number of amides is 1. The van der Waals surface area contributed by atoms with Crippen LogP contribution < -0.4 is 5.32 Å². The van der Waals surface area contributed by atoms with Gasteiger partial charge in [-0.25, -0.2) is 8.78 Å². The monoisotopic (exact) mass is 452 g/mol. The molecule has 0 atom stereocenters. The van der Waals surface area contributed by atoms with Crippen LogP contribution in [0.2, 0.25) is 5.02 Å². The van der Waals surface area contributed by atoms with E-state index in [1.165, 1.54) is 6.33 Å². The van der Waals surface area contributed by atoms with Gasteiger partial charge in [-0.05, 0) is 36.8 Å². The van der Waals surface area contributed by atoms with Crippen molar-refractivity contribution in [1.82, 2.24) is 14.8 Å². The van der Waals surface area contributed by atoms with E-state index in [2.05, 4.69) is 15.5 Å². The molecule has 156 valence electrons. The fraction of sp³-hybridized carbons (Fsp3) is 0.158. The van der Waals surface area contributed by atoms with Crippen LogP contribution >= 0.6 is 23.4 Å². The van der Waals surface area contributed by atoms with Crippen LogP contribution in [-0.2, 0) is 14.3 Å². The molecule has 0 saturated heterocycles. The molecule has 0 bridgehead atoms. The quantitative estimate of drug-likeness (QED) is 0.433. The molecular formula is C19H15ClF2N4O3S. The molecule has 0 saturated carbocycles. The number of rotatable bonds is 7. The zero-order valence-corrected chi connectivity index (χ0v) is 17.1. The van der Waals surface area contributed by atoms with Gasteiger partial charge in [-0.15, -0.1) is 10.2 Å². The number of aromatic nitrogens is 3. The number of carbonyl (C=O) groups excluding carboxylic acids is 2. The van der Waals surface area contributed by atoms with Crippen molar-refractivity contribution in [3.05, 3.63) is 64.9 Å². The van der Waals surface area contributed by atoms with E-state index in [0.717, 1.165) is 35.1 Å². The Morgan fingerprint density at radius 3 is 2.63 bits per heavy atom. The average Bonchev–Trinajstić information content (AvgIpc) is 3.14. The van der Waals surface area contributed by atoms with Gasteiger partial charge in [0.15, 0.2) is 11.8 Å². The molecule has 30 heavy (non-hydrogen) atoms. The van der Waals surface area contributed by atoms with Gasteiger partial charge in [0.05, 0.1) is 11.4 Å². The summed E-state index contributed by atoms with van der Waals surface area (Å²) in [6.07, 6.45) is 1.49. The fourth-order valence-electron chi connectivity index (χ4n) is 2.37. The lowest BCUT2D eigenvalue weighted by atomic mass is 10.2. The van der Waals surface area contributed by atoms with E-state index in [9.17, 15) is 18.4 Å². The minimum Gasteiger partial charge on any atom is -0.455 e. The number of hydrogen-bond acceptors (Lipinski definition) is 6. The Morgan fingerprint density at radius 2 is 1.93 bits per heavy atom. The van der Waals surface area contributed by atoms with Crippen molar-refractivity contribution in [2.45, 2.75) is 12.1 Å². The third-order valence-electron chi connectivity index (χ3n) is 3.78. The van der Waals surface area contributed by atoms with E-state index in [1.807, 2.05) is 19.1 Å². The van der Waals surface area contributed by atoms with E-state index in [0.29, 0.717) is 16.2 Å². The highest BCUT2D eigenvalue weighted by molar-refractivity contribution is 7.99. The minimum absolute atomic E-state index is 0.0761. The lowest BCUT2D eigenvalue weighted by molar-refractivity contribution is -0.144. The smallest absolute Gasteiger partial charge is 0.316 e. The van der Waals surface area contributed by atoms with Gasteiger partial charge >= 0.3 is 5.97 Å². The van der Waals surface area contributed by atoms with Crippen LogP contribution in [0, 0.1) is 18.6 Å². The van der Waals surface area contributed by atoms with Gasteiger partial charge in [0, 0.05) is 16.8 Å². The van der Waals surface area contributed by atoms with Crippen molar-refractivity contribution in [2.24, 2.45) is 0 Å². The first-order chi connectivity index (χ1) is 14.3. The molecule has 7 nitrogen and oxygen atoms in total. The highest BCUT2D eigenvalue weighted by atomic mass is 35.5. The molecule has 1 amide bonds. The molecule has 0 radical (unpaired) electrons. The van der Waals surface area contributed by atoms with Gasteiger partial charge in [0.2, 0.25) is 0 Å². The molecule has 1 aromatic heterocycles. The van der Waals surface area contributed by atoms with Gasteiger partial charge in [-0.1, -0.05) is 29.4 Å². The van der Waals surface area contributed by atoms with Crippen LogP contribution in [0.4, 0.5) is 14.5 Å². The van der Waals surface area contributed by atoms with Gasteiger partial charge < -0.3 is 10.1 Å². The molecule has 0 spiro atoms. The predicted molar refractivity (Wildman–Crippen MR) is 108 cm³/mol. The largest absolute Gasteiger partial charge is 0.455 e. The van der Waals surface area contributed by atoms with E-state index < -0.39 is 30.1 Å². The molecule has 0 aliphatic carbocycles. The Bertz CT molecular complexity index is 1070. The molecule has 3 rings (SSSR count). The van der Waals surface area contributed by atoms with E-state index in [4.69, 9.17) is 16.3 Å². The summed E-state index contributed by atoms with van der Waals surface area (Å²) in [4.78, 5) is 23.7. The number of thioether (sulfide) groups is 1. The van der Waals surface area contributed by atoms with Gasteiger partial charge in [0.1, 0.15) is 18.0 Å². The standard InChI is InChI=1S/C19H15ClF2N4O3S/c1-11-2-3-15(7-16(11)20)26-10-23-25-19(26)30-9-18(28)29-8-17(27)24-14-5-12(21)4-13(22)6-14/h2-7,10H,8-9H2,1H3,(H,24,27). The van der Waals surface area contributed by atoms with Crippen molar-refractivity contribution in [2.75, 3.05) is 17.7 Å². The second kappa shape index (κ2) is 9.68. The maximum absolute atomic E-state index is 13.1. The summed E-state index contributed by atoms with van der Waals surface area (Å²) >= 11 is 7.21. The third kappa shape index (κ3) is 5.77. The normalized spacial score (nSPS) is 10.7. The number of nitrogens with zero attached hydrogens (tertiary/aromatic N) is 3. The summed E-state index contributed by atoms with van der Waals surface area (Å²) in [5, 5.41) is 11.1. The highest BCUT2D eigenvalue weighted by Crippen LogP contribution is 2.23. The first-order valence-electron chi connectivity index (χ1n) is 8.53. The summed E-state index contributed by atoms with van der Waals surface area (Å²) in [5.74, 6) is -3.19. The maximum atomic E-state index is 13.1. The van der Waals surface area contributed by atoms with Crippen LogP contribution in [0.3, 0.4) is 0 Å². The van der Waals surface area contributed by atoms with Crippen molar-refractivity contribution >= 4 is 40.9 Å². The molecule has 0 aliphatic heterocycles. The molecular weight excluding hydrogens is 438 g/mol. The molecule has 3 aromatic rings. The van der Waals surface area contributed by atoms with Crippen LogP contribution in [-0.4, -0.2) is 39.0 Å². The molecule has 0 fully saturated rings. The first kappa shape index (κ1) is 21.7. The van der Waals surface area contributed by atoms with E-state index >= 15 is 0 Å². The van der Waals surface area contributed by atoms with Crippen molar-refractivity contribution < 1.29 is 23.1 Å². The second-order valence-electron chi connectivity index (χ2n) is 6.07. The number of aryl methyl sites for hydroxylation is 1. The Balaban J connectivity index is 1.51. The van der Waals surface area contributed by atoms with Crippen LogP contribution in [0.1, 0.15) is 5.56 Å². The number of anilines is 1. The van der Waals surface area contributed by atoms with Crippen molar-refractivity contribution in [1.29, 1.82) is 0 Å². The zero-order valence-electron chi connectivity index (χ0n) is 15.6. The number of esters is 1. The summed E-state index contributed by atoms with van der Waals surface area (Å²) in [7, 11) is 0. The van der Waals surface area contributed by atoms with Gasteiger partial charge in [-0.2, -0.15) is 0 Å². The first-order valence-corrected chi connectivity index (χ1v) is 9.89. The third-order valence-corrected chi connectivity index (χ3v) is 5.10. The number of hydrogen-bond donors (Lipinski definition) is 1. The maximum Gasteiger partial charge on any atom is 0.316 e. The lowest BCUT2D eigenvalue weighted by Gasteiger charge is -2.08. The number of benzene rings is 2. The topological polar surface area (TPSA) is 86.1 Å². The fourth-order valence-corrected chi connectivity index (χ4v) is 3.27. The minimum atomic E-state index is -0.835. The van der Waals surface area contributed by atoms with Crippen LogP contribution in [0.15, 0.2) is 47.9 Å². The number of carbonyl (C=O) groups is 2. The molecule has 0 aliphatic rings. The molecule has 11 heteroatoms. The Kier molecular flexibility index (Phi) is 7.01. The molecule has 0 unspecified atom stereocenters. The molecule has 1 heterocycles. The van der Waals surface area contributed by atoms with E-state index in [1.54, 1.807) is 10.6 Å². The summed E-state index contributed by atoms with van der Waals surface area (Å²) in [6, 6.07) is 8.01. The summed E-state index contributed by atoms with van der Waals surface area (Å²) in [5.41, 5.74) is 1.58. The average molecular weight is 453 g/mol. The van der Waals surface area contributed by atoms with E-state index in [-0.39, 0.29) is 11.4 Å². The summed E-state index contributed by atoms with van der Waals surface area (Å²) < 4.78 is 32.8. The SMILES string of the molecule is Cc1ccc(-n2cnnc2SCC(=O)OCC(=O)Nc2cc(F)cc(F)c2)cc1Cl. The lowest BCUT2D eigenvalue weighted by Crippen LogP contribution is -2.21. The van der Waals surface area contributed by atoms with Gasteiger partial charge in [0.25, 0.3) is 5.91 Å². The van der Waals surface area contributed by atoms with Gasteiger partial charge in [-0.3, -0.25) is 14.2 Å². The molecule has 1 N–H and O–H groups in total. The van der Waals surface area contributed by atoms with Crippen molar-refractivity contribution in [3.63, 3.8) is 0 Å². The zero-order chi connectivity index (χ0) is 21.7. The summed E-state index contributed by atoms with van der Waals surface area (Å²) in [6.45, 7) is 1.28. The highest BCUT2D eigenvalue weighted by Gasteiger charge is 2.13. The number of halogens is 3. The number of ether oxygens (including phenoxy) is 1. The predicted octanol–water partition coefficient (Wildman–Crippen LogP) is 3.78. The Hall–Kier alpha value is -2.98.